The highest BCUT2D eigenvalue weighted by Crippen LogP contribution is 2.17. The summed E-state index contributed by atoms with van der Waals surface area (Å²) < 4.78 is 0. The Labute approximate surface area is 146 Å². The topological polar surface area (TPSA) is 0 Å². The molecule has 0 fully saturated rings. The molecule has 0 amide bonds. The summed E-state index contributed by atoms with van der Waals surface area (Å²) in [6, 6.07) is 9.17. The first-order valence-electron chi connectivity index (χ1n) is 10.4. The summed E-state index contributed by atoms with van der Waals surface area (Å²) in [5.74, 6) is 0. The predicted molar refractivity (Wildman–Crippen MR) is 105 cm³/mol. The molecule has 0 N–H and O–H groups in total. The minimum Gasteiger partial charge on any atom is -0.0654 e. The maximum absolute atomic E-state index is 2.36. The third kappa shape index (κ3) is 10.6. The Morgan fingerprint density at radius 1 is 0.478 bits per heavy atom. The molecule has 0 nitrogen and oxygen atoms in total. The van der Waals surface area contributed by atoms with E-state index in [-0.39, 0.29) is 0 Å². The molecular weight excluding hydrogens is 276 g/mol. The third-order valence-corrected chi connectivity index (χ3v) is 4.97. The number of benzene rings is 1. The molecule has 0 bridgehead atoms. The van der Waals surface area contributed by atoms with Crippen molar-refractivity contribution in [3.63, 3.8) is 0 Å². The first kappa shape index (κ1) is 20.3. The summed E-state index contributed by atoms with van der Waals surface area (Å²) in [6.45, 7) is 4.58. The summed E-state index contributed by atoms with van der Waals surface area (Å²) in [4.78, 5) is 0. The Bertz CT molecular complexity index is 366. The van der Waals surface area contributed by atoms with Crippen LogP contribution in [0.2, 0.25) is 0 Å². The van der Waals surface area contributed by atoms with E-state index >= 15 is 0 Å². The predicted octanol–water partition coefficient (Wildman–Crippen LogP) is 7.88. The summed E-state index contributed by atoms with van der Waals surface area (Å²) in [5, 5.41) is 0. The maximum atomic E-state index is 2.36. The molecule has 0 aliphatic carbocycles. The monoisotopic (exact) mass is 316 g/mol. The van der Waals surface area contributed by atoms with Gasteiger partial charge in [0.1, 0.15) is 0 Å². The van der Waals surface area contributed by atoms with Crippen LogP contribution in [0.25, 0.3) is 0 Å². The van der Waals surface area contributed by atoms with Crippen LogP contribution < -0.4 is 0 Å². The second-order valence-corrected chi connectivity index (χ2v) is 7.16. The molecule has 0 heterocycles. The van der Waals surface area contributed by atoms with E-state index in [2.05, 4.69) is 38.1 Å². The number of aryl methyl sites for hydroxylation is 2. The van der Waals surface area contributed by atoms with Gasteiger partial charge in [0.15, 0.2) is 0 Å². The molecule has 0 unspecified atom stereocenters. The molecule has 0 heteroatoms. The largest absolute Gasteiger partial charge is 0.0654 e. The Hall–Kier alpha value is -0.780. The van der Waals surface area contributed by atoms with Crippen LogP contribution in [-0.2, 0) is 12.8 Å². The van der Waals surface area contributed by atoms with Crippen LogP contribution >= 0.6 is 0 Å². The van der Waals surface area contributed by atoms with E-state index in [9.17, 15) is 0 Å². The fourth-order valence-corrected chi connectivity index (χ4v) is 3.41. The van der Waals surface area contributed by atoms with Gasteiger partial charge in [0.05, 0.1) is 0 Å². The van der Waals surface area contributed by atoms with Gasteiger partial charge in [-0.25, -0.2) is 0 Å². The number of hydrogen-bond donors (Lipinski definition) is 0. The van der Waals surface area contributed by atoms with Crippen LogP contribution in [0.15, 0.2) is 24.3 Å². The molecule has 132 valence electrons. The standard InChI is InChI=1S/C23H40/c1-3-5-7-9-10-11-13-15-19-23-21-17-16-20-22(23)18-14-12-8-6-4-2/h16-17,20-21H,3-15,18-19H2,1-2H3. The lowest BCUT2D eigenvalue weighted by atomic mass is 9.96. The number of rotatable bonds is 15. The van der Waals surface area contributed by atoms with Crippen LogP contribution in [-0.4, -0.2) is 0 Å². The number of unbranched alkanes of at least 4 members (excludes halogenated alkanes) is 11. The van der Waals surface area contributed by atoms with E-state index in [0.717, 1.165) is 0 Å². The Kier molecular flexibility index (Phi) is 13.0. The van der Waals surface area contributed by atoms with Gasteiger partial charge < -0.3 is 0 Å². The Morgan fingerprint density at radius 3 is 1.22 bits per heavy atom. The van der Waals surface area contributed by atoms with E-state index in [1.54, 1.807) is 11.1 Å². The molecule has 1 aromatic carbocycles. The Morgan fingerprint density at radius 2 is 0.826 bits per heavy atom. The van der Waals surface area contributed by atoms with E-state index < -0.39 is 0 Å². The molecule has 0 atom stereocenters. The normalized spacial score (nSPS) is 11.0. The molecule has 0 aliphatic heterocycles. The second kappa shape index (κ2) is 14.8. The van der Waals surface area contributed by atoms with Gasteiger partial charge in [-0.15, -0.1) is 0 Å². The van der Waals surface area contributed by atoms with E-state index in [0.29, 0.717) is 0 Å². The third-order valence-electron chi connectivity index (χ3n) is 4.97. The highest BCUT2D eigenvalue weighted by atomic mass is 14.1. The Balaban J connectivity index is 2.15. The van der Waals surface area contributed by atoms with Crippen molar-refractivity contribution in [2.75, 3.05) is 0 Å². The summed E-state index contributed by atoms with van der Waals surface area (Å²) in [6.07, 6.45) is 20.8. The summed E-state index contributed by atoms with van der Waals surface area (Å²) in [5.41, 5.74) is 3.24. The van der Waals surface area contributed by atoms with E-state index in [4.69, 9.17) is 0 Å². The summed E-state index contributed by atoms with van der Waals surface area (Å²) >= 11 is 0. The molecule has 0 aliphatic rings. The fourth-order valence-electron chi connectivity index (χ4n) is 3.41. The highest BCUT2D eigenvalue weighted by Gasteiger charge is 2.02. The lowest BCUT2D eigenvalue weighted by Gasteiger charge is -2.09. The SMILES string of the molecule is CCCCCCCCCCc1ccccc1CCCCCCC. The summed E-state index contributed by atoms with van der Waals surface area (Å²) in [7, 11) is 0. The van der Waals surface area contributed by atoms with Crippen molar-refractivity contribution in [1.82, 2.24) is 0 Å². The maximum Gasteiger partial charge on any atom is -0.0276 e. The first-order chi connectivity index (χ1) is 11.4. The van der Waals surface area contributed by atoms with Gasteiger partial charge in [0, 0.05) is 0 Å². The van der Waals surface area contributed by atoms with Gasteiger partial charge in [0.2, 0.25) is 0 Å². The fraction of sp³-hybridized carbons (Fsp3) is 0.739. The zero-order chi connectivity index (χ0) is 16.6. The van der Waals surface area contributed by atoms with Gasteiger partial charge in [-0.3, -0.25) is 0 Å². The van der Waals surface area contributed by atoms with Crippen molar-refractivity contribution in [2.24, 2.45) is 0 Å². The minimum atomic E-state index is 1.29. The first-order valence-corrected chi connectivity index (χ1v) is 10.4. The molecule has 0 saturated carbocycles. The van der Waals surface area contributed by atoms with Crippen molar-refractivity contribution in [3.05, 3.63) is 35.4 Å². The molecule has 0 spiro atoms. The lowest BCUT2D eigenvalue weighted by molar-refractivity contribution is 0.574. The zero-order valence-corrected chi connectivity index (χ0v) is 15.9. The van der Waals surface area contributed by atoms with Crippen LogP contribution in [0, 0.1) is 0 Å². The second-order valence-electron chi connectivity index (χ2n) is 7.16. The van der Waals surface area contributed by atoms with Crippen molar-refractivity contribution in [2.45, 2.75) is 110 Å². The smallest absolute Gasteiger partial charge is 0.0276 e. The van der Waals surface area contributed by atoms with Crippen LogP contribution in [0.4, 0.5) is 0 Å². The average Bonchev–Trinajstić information content (AvgIpc) is 2.58. The molecule has 1 rings (SSSR count). The van der Waals surface area contributed by atoms with Crippen LogP contribution in [0.3, 0.4) is 0 Å². The van der Waals surface area contributed by atoms with E-state index in [1.165, 1.54) is 96.3 Å². The van der Waals surface area contributed by atoms with Crippen molar-refractivity contribution in [3.8, 4) is 0 Å². The van der Waals surface area contributed by atoms with Gasteiger partial charge in [-0.2, -0.15) is 0 Å². The van der Waals surface area contributed by atoms with Gasteiger partial charge >= 0.3 is 0 Å². The van der Waals surface area contributed by atoms with E-state index in [1.807, 2.05) is 0 Å². The van der Waals surface area contributed by atoms with Gasteiger partial charge in [-0.1, -0.05) is 109 Å². The zero-order valence-electron chi connectivity index (χ0n) is 15.9. The molecular formula is C23H40. The molecule has 0 radical (unpaired) electrons. The van der Waals surface area contributed by atoms with Gasteiger partial charge in [-0.05, 0) is 36.8 Å². The molecule has 0 aromatic heterocycles. The van der Waals surface area contributed by atoms with Crippen LogP contribution in [0.1, 0.15) is 108 Å². The van der Waals surface area contributed by atoms with Crippen molar-refractivity contribution >= 4 is 0 Å². The van der Waals surface area contributed by atoms with Gasteiger partial charge in [0.25, 0.3) is 0 Å². The molecule has 23 heavy (non-hydrogen) atoms. The van der Waals surface area contributed by atoms with Crippen molar-refractivity contribution in [1.29, 1.82) is 0 Å². The van der Waals surface area contributed by atoms with Crippen LogP contribution in [0.5, 0.6) is 0 Å². The molecule has 0 saturated heterocycles. The lowest BCUT2D eigenvalue weighted by Crippen LogP contribution is -1.95. The molecule has 1 aromatic rings. The van der Waals surface area contributed by atoms with Crippen molar-refractivity contribution < 1.29 is 0 Å². The minimum absolute atomic E-state index is 1.29. The quantitative estimate of drug-likeness (QED) is 0.289. The number of hydrogen-bond acceptors (Lipinski definition) is 0. The highest BCUT2D eigenvalue weighted by molar-refractivity contribution is 5.27. The average molecular weight is 317 g/mol.